The second-order valence-corrected chi connectivity index (χ2v) is 4.64. The van der Waals surface area contributed by atoms with Gasteiger partial charge in [-0.05, 0) is 49.6 Å². The Morgan fingerprint density at radius 3 is 2.12 bits per heavy atom. The Morgan fingerprint density at radius 2 is 1.76 bits per heavy atom. The van der Waals surface area contributed by atoms with Crippen LogP contribution in [0.2, 0.25) is 0 Å². The van der Waals surface area contributed by atoms with Crippen LogP contribution in [0.4, 0.5) is 8.78 Å². The van der Waals surface area contributed by atoms with Gasteiger partial charge in [0.2, 0.25) is 0 Å². The number of benzene rings is 1. The molecule has 0 spiro atoms. The topological polar surface area (TPSA) is 66.8 Å². The Morgan fingerprint density at radius 1 is 1.29 bits per heavy atom. The van der Waals surface area contributed by atoms with Crippen LogP contribution in [0.1, 0.15) is 11.7 Å². The van der Waals surface area contributed by atoms with Gasteiger partial charge in [0, 0.05) is 0 Å². The van der Waals surface area contributed by atoms with Gasteiger partial charge in [-0.15, -0.1) is 0 Å². The van der Waals surface area contributed by atoms with Crippen LogP contribution in [0.5, 0.6) is 5.75 Å². The smallest absolute Gasteiger partial charge is 0.387 e. The molecule has 0 bridgehead atoms. The highest BCUT2D eigenvalue weighted by atomic mass is 79.9. The van der Waals surface area contributed by atoms with Crippen LogP contribution >= 0.6 is 31.9 Å². The number of alkyl halides is 2. The van der Waals surface area contributed by atoms with Gasteiger partial charge in [0.15, 0.2) is 11.9 Å². The molecule has 0 aliphatic heterocycles. The summed E-state index contributed by atoms with van der Waals surface area (Å²) in [6.07, 6.45) is -1.73. The Bertz CT molecular complexity index is 416. The van der Waals surface area contributed by atoms with Gasteiger partial charge in [-0.25, -0.2) is 4.79 Å². The second-order valence-electron chi connectivity index (χ2n) is 2.93. The van der Waals surface area contributed by atoms with Gasteiger partial charge in [0.05, 0.1) is 8.95 Å². The highest BCUT2D eigenvalue weighted by Gasteiger charge is 2.20. The zero-order valence-electron chi connectivity index (χ0n) is 8.03. The first-order valence-electron chi connectivity index (χ1n) is 4.17. The SMILES string of the molecule is O=C(O)C(O)c1cc(Br)c(OC(F)F)c(Br)c1. The predicted octanol–water partition coefficient (Wildman–Crippen LogP) is 2.93. The van der Waals surface area contributed by atoms with E-state index < -0.39 is 18.7 Å². The van der Waals surface area contributed by atoms with E-state index in [0.717, 1.165) is 0 Å². The maximum absolute atomic E-state index is 12.1. The summed E-state index contributed by atoms with van der Waals surface area (Å²) in [5, 5.41) is 17.9. The monoisotopic (exact) mass is 374 g/mol. The molecule has 1 unspecified atom stereocenters. The molecule has 0 aliphatic rings. The molecule has 1 rings (SSSR count). The molecular formula is C9H6Br2F2O4. The van der Waals surface area contributed by atoms with E-state index in [-0.39, 0.29) is 20.3 Å². The van der Waals surface area contributed by atoms with E-state index in [9.17, 15) is 18.7 Å². The summed E-state index contributed by atoms with van der Waals surface area (Å²) in [4.78, 5) is 10.6. The summed E-state index contributed by atoms with van der Waals surface area (Å²) in [6.45, 7) is -3.00. The number of halogens is 4. The van der Waals surface area contributed by atoms with Gasteiger partial charge in [-0.3, -0.25) is 0 Å². The molecule has 1 aromatic carbocycles. The third kappa shape index (κ3) is 3.62. The van der Waals surface area contributed by atoms with Crippen molar-refractivity contribution < 1.29 is 28.5 Å². The fourth-order valence-electron chi connectivity index (χ4n) is 1.08. The molecule has 0 amide bonds. The molecule has 0 saturated carbocycles. The summed E-state index contributed by atoms with van der Waals surface area (Å²) in [5.41, 5.74) is 0.0397. The maximum atomic E-state index is 12.1. The lowest BCUT2D eigenvalue weighted by Crippen LogP contribution is -2.11. The Kier molecular flexibility index (Phi) is 4.84. The molecular weight excluding hydrogens is 370 g/mol. The van der Waals surface area contributed by atoms with Gasteiger partial charge in [-0.2, -0.15) is 8.78 Å². The van der Waals surface area contributed by atoms with Crippen LogP contribution in [-0.2, 0) is 4.79 Å². The maximum Gasteiger partial charge on any atom is 0.387 e. The predicted molar refractivity (Wildman–Crippen MR) is 61.1 cm³/mol. The van der Waals surface area contributed by atoms with Crippen molar-refractivity contribution >= 4 is 37.8 Å². The lowest BCUT2D eigenvalue weighted by atomic mass is 10.1. The first kappa shape index (κ1) is 14.3. The summed E-state index contributed by atoms with van der Waals surface area (Å²) in [7, 11) is 0. The third-order valence-corrected chi connectivity index (χ3v) is 2.96. The molecule has 2 N–H and O–H groups in total. The van der Waals surface area contributed by atoms with Crippen molar-refractivity contribution in [3.05, 3.63) is 26.6 Å². The van der Waals surface area contributed by atoms with Gasteiger partial charge in [0.1, 0.15) is 0 Å². The van der Waals surface area contributed by atoms with Crippen LogP contribution < -0.4 is 4.74 Å². The molecule has 0 heterocycles. The number of aliphatic carboxylic acids is 1. The Labute approximate surface area is 111 Å². The van der Waals surface area contributed by atoms with E-state index in [0.29, 0.717) is 0 Å². The molecule has 1 atom stereocenters. The van der Waals surface area contributed by atoms with Crippen molar-refractivity contribution in [1.29, 1.82) is 0 Å². The van der Waals surface area contributed by atoms with E-state index >= 15 is 0 Å². The highest BCUT2D eigenvalue weighted by Crippen LogP contribution is 2.37. The number of ether oxygens (including phenoxy) is 1. The van der Waals surface area contributed by atoms with E-state index in [4.69, 9.17) is 5.11 Å². The minimum atomic E-state index is -3.00. The summed E-state index contributed by atoms with van der Waals surface area (Å²) in [6, 6.07) is 2.39. The normalized spacial score (nSPS) is 12.6. The summed E-state index contributed by atoms with van der Waals surface area (Å²) < 4.78 is 28.6. The number of hydrogen-bond donors (Lipinski definition) is 2. The second kappa shape index (κ2) is 5.74. The fraction of sp³-hybridized carbons (Fsp3) is 0.222. The van der Waals surface area contributed by atoms with Crippen molar-refractivity contribution in [1.82, 2.24) is 0 Å². The van der Waals surface area contributed by atoms with Gasteiger partial charge >= 0.3 is 12.6 Å². The van der Waals surface area contributed by atoms with Crippen molar-refractivity contribution in [3.63, 3.8) is 0 Å². The number of aliphatic hydroxyl groups excluding tert-OH is 1. The third-order valence-electron chi connectivity index (χ3n) is 1.78. The number of hydrogen-bond acceptors (Lipinski definition) is 3. The average molecular weight is 376 g/mol. The van der Waals surface area contributed by atoms with Crippen LogP contribution in [0.15, 0.2) is 21.1 Å². The number of aliphatic hydroxyl groups is 1. The number of carboxylic acids is 1. The number of rotatable bonds is 4. The minimum absolute atomic E-state index is 0.0397. The largest absolute Gasteiger partial charge is 0.479 e. The molecule has 1 aromatic rings. The van der Waals surface area contributed by atoms with Crippen molar-refractivity contribution in [2.45, 2.75) is 12.7 Å². The quantitative estimate of drug-likeness (QED) is 0.849. The average Bonchev–Trinajstić information content (AvgIpc) is 2.21. The highest BCUT2D eigenvalue weighted by molar-refractivity contribution is 9.11. The molecule has 0 saturated heterocycles. The van der Waals surface area contributed by atoms with Gasteiger partial charge in [-0.1, -0.05) is 0 Å². The minimum Gasteiger partial charge on any atom is -0.479 e. The zero-order valence-corrected chi connectivity index (χ0v) is 11.2. The van der Waals surface area contributed by atoms with E-state index in [2.05, 4.69) is 36.6 Å². The lowest BCUT2D eigenvalue weighted by molar-refractivity contribution is -0.146. The summed E-state index contributed by atoms with van der Waals surface area (Å²) >= 11 is 5.90. The van der Waals surface area contributed by atoms with Crippen molar-refractivity contribution in [2.75, 3.05) is 0 Å². The van der Waals surface area contributed by atoms with Gasteiger partial charge in [0.25, 0.3) is 0 Å². The molecule has 0 aromatic heterocycles. The Hall–Kier alpha value is -0.730. The first-order valence-corrected chi connectivity index (χ1v) is 5.76. The van der Waals surface area contributed by atoms with Crippen molar-refractivity contribution in [3.8, 4) is 5.75 Å². The van der Waals surface area contributed by atoms with Gasteiger partial charge < -0.3 is 14.9 Å². The molecule has 8 heteroatoms. The molecule has 0 aliphatic carbocycles. The van der Waals surface area contributed by atoms with E-state index in [1.165, 1.54) is 12.1 Å². The standard InChI is InChI=1S/C9H6Br2F2O4/c10-4-1-3(6(14)8(15)16)2-5(11)7(4)17-9(12)13/h1-2,6,9,14H,(H,15,16). The number of carbonyl (C=O) groups is 1. The zero-order chi connectivity index (χ0) is 13.2. The number of carboxylic acid groups (broad SMARTS) is 1. The Balaban J connectivity index is 3.13. The summed E-state index contributed by atoms with van der Waals surface area (Å²) in [5.74, 6) is -1.60. The van der Waals surface area contributed by atoms with Crippen LogP contribution in [0, 0.1) is 0 Å². The molecule has 17 heavy (non-hydrogen) atoms. The first-order chi connectivity index (χ1) is 7.82. The lowest BCUT2D eigenvalue weighted by Gasteiger charge is -2.12. The van der Waals surface area contributed by atoms with Crippen molar-refractivity contribution in [2.24, 2.45) is 0 Å². The molecule has 4 nitrogen and oxygen atoms in total. The van der Waals surface area contributed by atoms with E-state index in [1.807, 2.05) is 0 Å². The molecule has 94 valence electrons. The molecule has 0 fully saturated rings. The van der Waals surface area contributed by atoms with Crippen LogP contribution in [-0.4, -0.2) is 22.8 Å². The fourth-order valence-corrected chi connectivity index (χ4v) is 2.49. The van der Waals surface area contributed by atoms with Crippen LogP contribution in [0.25, 0.3) is 0 Å². The van der Waals surface area contributed by atoms with E-state index in [1.54, 1.807) is 0 Å². The molecule has 0 radical (unpaired) electrons. The van der Waals surface area contributed by atoms with Crippen LogP contribution in [0.3, 0.4) is 0 Å².